The first-order valence-corrected chi connectivity index (χ1v) is 4.88. The van der Waals surface area contributed by atoms with Crippen LogP contribution >= 0.6 is 0 Å². The van der Waals surface area contributed by atoms with E-state index < -0.39 is 0 Å². The zero-order chi connectivity index (χ0) is 11.4. The van der Waals surface area contributed by atoms with Gasteiger partial charge in [-0.15, -0.1) is 0 Å². The summed E-state index contributed by atoms with van der Waals surface area (Å²) in [5, 5.41) is 8.74. The molecule has 0 saturated heterocycles. The fraction of sp³-hybridized carbons (Fsp3) is 0.0769. The Morgan fingerprint density at radius 1 is 1.25 bits per heavy atom. The average Bonchev–Trinajstić information content (AvgIpc) is 2.29. The zero-order valence-electron chi connectivity index (χ0n) is 8.84. The first-order valence-electron chi connectivity index (χ1n) is 4.88. The van der Waals surface area contributed by atoms with Crippen LogP contribution in [0.15, 0.2) is 42.6 Å². The fourth-order valence-corrected chi connectivity index (χ4v) is 1.33. The molecule has 0 aliphatic rings. The molecule has 16 heavy (non-hydrogen) atoms. The van der Waals surface area contributed by atoms with E-state index in [9.17, 15) is 0 Å². The van der Waals surface area contributed by atoms with E-state index in [0.29, 0.717) is 11.4 Å². The molecule has 1 heterocycles. The standard InChI is InChI=1S/C13H10N2O/c1-10-3-2-4-12(7-10)16-13-8-11(9-14)5-6-15-13/h2-8H,1H3. The number of aromatic nitrogens is 1. The van der Waals surface area contributed by atoms with Crippen LogP contribution < -0.4 is 4.74 Å². The van der Waals surface area contributed by atoms with E-state index in [0.717, 1.165) is 11.3 Å². The highest BCUT2D eigenvalue weighted by Crippen LogP contribution is 2.20. The Bertz CT molecular complexity index is 544. The summed E-state index contributed by atoms with van der Waals surface area (Å²) in [6, 6.07) is 13.0. The molecular weight excluding hydrogens is 200 g/mol. The molecule has 78 valence electrons. The van der Waals surface area contributed by atoms with Gasteiger partial charge in [0.25, 0.3) is 0 Å². The lowest BCUT2D eigenvalue weighted by Gasteiger charge is -2.04. The van der Waals surface area contributed by atoms with Gasteiger partial charge in [-0.1, -0.05) is 12.1 Å². The van der Waals surface area contributed by atoms with Crippen molar-refractivity contribution in [2.45, 2.75) is 6.92 Å². The molecule has 0 fully saturated rings. The summed E-state index contributed by atoms with van der Waals surface area (Å²) >= 11 is 0. The largest absolute Gasteiger partial charge is 0.439 e. The summed E-state index contributed by atoms with van der Waals surface area (Å²) in [6.07, 6.45) is 1.56. The van der Waals surface area contributed by atoms with Gasteiger partial charge in [-0.3, -0.25) is 0 Å². The van der Waals surface area contributed by atoms with Crippen LogP contribution in [0.1, 0.15) is 11.1 Å². The van der Waals surface area contributed by atoms with E-state index in [-0.39, 0.29) is 0 Å². The van der Waals surface area contributed by atoms with Crippen molar-refractivity contribution in [1.82, 2.24) is 4.98 Å². The predicted octanol–water partition coefficient (Wildman–Crippen LogP) is 3.05. The quantitative estimate of drug-likeness (QED) is 0.765. The Hall–Kier alpha value is -2.34. The molecule has 3 nitrogen and oxygen atoms in total. The minimum absolute atomic E-state index is 0.435. The Kier molecular flexibility index (Phi) is 2.84. The third kappa shape index (κ3) is 2.37. The summed E-state index contributed by atoms with van der Waals surface area (Å²) in [4.78, 5) is 4.04. The highest BCUT2D eigenvalue weighted by atomic mass is 16.5. The Morgan fingerprint density at radius 3 is 2.88 bits per heavy atom. The second-order valence-corrected chi connectivity index (χ2v) is 3.41. The van der Waals surface area contributed by atoms with Crippen LogP contribution in [-0.4, -0.2) is 4.98 Å². The van der Waals surface area contributed by atoms with Crippen molar-refractivity contribution < 1.29 is 4.74 Å². The summed E-state index contributed by atoms with van der Waals surface area (Å²) < 4.78 is 5.54. The lowest BCUT2D eigenvalue weighted by atomic mass is 10.2. The first kappa shape index (κ1) is 10.2. The van der Waals surface area contributed by atoms with Crippen LogP contribution in [0.2, 0.25) is 0 Å². The van der Waals surface area contributed by atoms with Gasteiger partial charge in [-0.2, -0.15) is 5.26 Å². The van der Waals surface area contributed by atoms with E-state index >= 15 is 0 Å². The number of aryl methyl sites for hydroxylation is 1. The van der Waals surface area contributed by atoms with Crippen LogP contribution in [0.3, 0.4) is 0 Å². The first-order chi connectivity index (χ1) is 7.78. The normalized spacial score (nSPS) is 9.50. The number of hydrogen-bond acceptors (Lipinski definition) is 3. The lowest BCUT2D eigenvalue weighted by Crippen LogP contribution is -1.88. The molecular formula is C13H10N2O. The van der Waals surface area contributed by atoms with Gasteiger partial charge in [-0.05, 0) is 30.7 Å². The molecule has 0 radical (unpaired) electrons. The van der Waals surface area contributed by atoms with Crippen LogP contribution in [-0.2, 0) is 0 Å². The molecule has 0 spiro atoms. The summed E-state index contributed by atoms with van der Waals surface area (Å²) in [6.45, 7) is 1.99. The molecule has 0 unspecified atom stereocenters. The highest BCUT2D eigenvalue weighted by Gasteiger charge is 1.99. The highest BCUT2D eigenvalue weighted by molar-refractivity contribution is 5.35. The smallest absolute Gasteiger partial charge is 0.220 e. The maximum Gasteiger partial charge on any atom is 0.220 e. The van der Waals surface area contributed by atoms with Gasteiger partial charge in [0.05, 0.1) is 11.6 Å². The van der Waals surface area contributed by atoms with Gasteiger partial charge >= 0.3 is 0 Å². The number of pyridine rings is 1. The minimum Gasteiger partial charge on any atom is -0.439 e. The van der Waals surface area contributed by atoms with Crippen LogP contribution in [0, 0.1) is 18.3 Å². The Balaban J connectivity index is 2.24. The number of rotatable bonds is 2. The summed E-state index contributed by atoms with van der Waals surface area (Å²) in [5.41, 5.74) is 1.66. The van der Waals surface area contributed by atoms with Gasteiger partial charge < -0.3 is 4.74 Å². The predicted molar refractivity (Wildman–Crippen MR) is 60.2 cm³/mol. The second-order valence-electron chi connectivity index (χ2n) is 3.41. The topological polar surface area (TPSA) is 45.9 Å². The molecule has 0 saturated carbocycles. The van der Waals surface area contributed by atoms with Crippen molar-refractivity contribution in [3.8, 4) is 17.7 Å². The molecule has 1 aromatic carbocycles. The van der Waals surface area contributed by atoms with Crippen molar-refractivity contribution in [3.63, 3.8) is 0 Å². The van der Waals surface area contributed by atoms with Gasteiger partial charge in [0.1, 0.15) is 5.75 Å². The fourth-order valence-electron chi connectivity index (χ4n) is 1.33. The molecule has 0 bridgehead atoms. The van der Waals surface area contributed by atoms with E-state index in [1.54, 1.807) is 18.3 Å². The lowest BCUT2D eigenvalue weighted by molar-refractivity contribution is 0.462. The van der Waals surface area contributed by atoms with E-state index in [1.165, 1.54) is 0 Å². The van der Waals surface area contributed by atoms with Crippen LogP contribution in [0.5, 0.6) is 11.6 Å². The number of hydrogen-bond donors (Lipinski definition) is 0. The van der Waals surface area contributed by atoms with Crippen molar-refractivity contribution in [2.24, 2.45) is 0 Å². The number of nitriles is 1. The van der Waals surface area contributed by atoms with Gasteiger partial charge in [0, 0.05) is 12.3 Å². The number of ether oxygens (including phenoxy) is 1. The van der Waals surface area contributed by atoms with Crippen LogP contribution in [0.4, 0.5) is 0 Å². The Morgan fingerprint density at radius 2 is 2.12 bits per heavy atom. The van der Waals surface area contributed by atoms with E-state index in [4.69, 9.17) is 10.00 Å². The average molecular weight is 210 g/mol. The van der Waals surface area contributed by atoms with Gasteiger partial charge in [-0.25, -0.2) is 4.98 Å². The molecule has 0 atom stereocenters. The van der Waals surface area contributed by atoms with E-state index in [2.05, 4.69) is 4.98 Å². The molecule has 3 heteroatoms. The molecule has 0 N–H and O–H groups in total. The number of benzene rings is 1. The molecule has 0 aliphatic carbocycles. The van der Waals surface area contributed by atoms with Crippen molar-refractivity contribution in [1.29, 1.82) is 5.26 Å². The zero-order valence-corrected chi connectivity index (χ0v) is 8.84. The summed E-state index contributed by atoms with van der Waals surface area (Å²) in [5.74, 6) is 1.16. The third-order valence-electron chi connectivity index (χ3n) is 2.08. The molecule has 0 amide bonds. The maximum atomic E-state index is 8.74. The van der Waals surface area contributed by atoms with E-state index in [1.807, 2.05) is 37.3 Å². The molecule has 0 aliphatic heterocycles. The monoisotopic (exact) mass is 210 g/mol. The second kappa shape index (κ2) is 4.45. The SMILES string of the molecule is Cc1cccc(Oc2cc(C#N)ccn2)c1. The maximum absolute atomic E-state index is 8.74. The number of nitrogens with zero attached hydrogens (tertiary/aromatic N) is 2. The molecule has 2 rings (SSSR count). The van der Waals surface area contributed by atoms with Gasteiger partial charge in [0.15, 0.2) is 0 Å². The Labute approximate surface area is 93.9 Å². The van der Waals surface area contributed by atoms with Crippen molar-refractivity contribution in [3.05, 3.63) is 53.7 Å². The molecule has 2 aromatic rings. The van der Waals surface area contributed by atoms with Crippen molar-refractivity contribution in [2.75, 3.05) is 0 Å². The van der Waals surface area contributed by atoms with Crippen LogP contribution in [0.25, 0.3) is 0 Å². The molecule has 1 aromatic heterocycles. The minimum atomic E-state index is 0.435. The van der Waals surface area contributed by atoms with Gasteiger partial charge in [0.2, 0.25) is 5.88 Å². The van der Waals surface area contributed by atoms with Crippen molar-refractivity contribution >= 4 is 0 Å². The summed E-state index contributed by atoms with van der Waals surface area (Å²) in [7, 11) is 0. The third-order valence-corrected chi connectivity index (χ3v) is 2.08.